The number of nitrogens with zero attached hydrogens (tertiary/aromatic N) is 1. The van der Waals surface area contributed by atoms with Gasteiger partial charge in [-0.25, -0.2) is 0 Å². The summed E-state index contributed by atoms with van der Waals surface area (Å²) in [5, 5.41) is 13.5. The van der Waals surface area contributed by atoms with Crippen molar-refractivity contribution < 1.29 is 9.32 Å². The van der Waals surface area contributed by atoms with Crippen molar-refractivity contribution in [1.29, 1.82) is 0 Å². The summed E-state index contributed by atoms with van der Waals surface area (Å²) in [6.45, 7) is 3.10. The lowest BCUT2D eigenvalue weighted by atomic mass is 10.1. The van der Waals surface area contributed by atoms with E-state index in [2.05, 4.69) is 5.32 Å². The van der Waals surface area contributed by atoms with Gasteiger partial charge in [-0.05, 0) is 33.9 Å². The molecule has 0 radical (unpaired) electrons. The Bertz CT molecular complexity index is 234. The first-order chi connectivity index (χ1) is 7.39. The zero-order valence-corrected chi connectivity index (χ0v) is 11.3. The summed E-state index contributed by atoms with van der Waals surface area (Å²) in [5.74, 6) is 1.60. The molecule has 4 nitrogen and oxygen atoms in total. The van der Waals surface area contributed by atoms with Gasteiger partial charge >= 0.3 is 0 Å². The van der Waals surface area contributed by atoms with Crippen molar-refractivity contribution >= 4 is 10.8 Å². The SMILES string of the molecule is CN(C)CC(C)(O)CNC1CCS(=O)CC1. The monoisotopic (exact) mass is 248 g/mol. The lowest BCUT2D eigenvalue weighted by Gasteiger charge is -2.30. The first kappa shape index (κ1) is 14.1. The fraction of sp³-hybridized carbons (Fsp3) is 1.00. The molecule has 0 amide bonds. The van der Waals surface area contributed by atoms with Gasteiger partial charge < -0.3 is 15.3 Å². The Morgan fingerprint density at radius 2 is 2.00 bits per heavy atom. The summed E-state index contributed by atoms with van der Waals surface area (Å²) in [6, 6.07) is 0.423. The maximum atomic E-state index is 11.2. The van der Waals surface area contributed by atoms with Crippen LogP contribution in [0.5, 0.6) is 0 Å². The zero-order chi connectivity index (χ0) is 12.2. The van der Waals surface area contributed by atoms with Gasteiger partial charge in [-0.1, -0.05) is 0 Å². The summed E-state index contributed by atoms with van der Waals surface area (Å²) >= 11 is 0. The molecule has 96 valence electrons. The molecule has 1 fully saturated rings. The van der Waals surface area contributed by atoms with Crippen LogP contribution in [0.1, 0.15) is 19.8 Å². The van der Waals surface area contributed by atoms with Crippen LogP contribution in [-0.2, 0) is 10.8 Å². The second-order valence-electron chi connectivity index (χ2n) is 5.24. The molecule has 1 atom stereocenters. The molecule has 1 unspecified atom stereocenters. The molecule has 2 N–H and O–H groups in total. The highest BCUT2D eigenvalue weighted by atomic mass is 32.2. The second kappa shape index (κ2) is 6.10. The quantitative estimate of drug-likeness (QED) is 0.707. The van der Waals surface area contributed by atoms with Crippen LogP contribution in [-0.4, -0.2) is 64.5 Å². The molecule has 0 saturated carbocycles. The predicted molar refractivity (Wildman–Crippen MR) is 68.1 cm³/mol. The van der Waals surface area contributed by atoms with Gasteiger partial charge in [0.05, 0.1) is 5.60 Å². The molecule has 1 heterocycles. The number of nitrogens with one attached hydrogen (secondary N) is 1. The minimum absolute atomic E-state index is 0.423. The summed E-state index contributed by atoms with van der Waals surface area (Å²) in [4.78, 5) is 1.98. The average Bonchev–Trinajstić information content (AvgIpc) is 2.15. The van der Waals surface area contributed by atoms with Gasteiger partial charge in [-0.3, -0.25) is 4.21 Å². The molecule has 0 aliphatic carbocycles. The van der Waals surface area contributed by atoms with E-state index in [9.17, 15) is 9.32 Å². The van der Waals surface area contributed by atoms with Gasteiger partial charge in [0.15, 0.2) is 0 Å². The third kappa shape index (κ3) is 5.39. The third-order valence-corrected chi connectivity index (χ3v) is 4.20. The van der Waals surface area contributed by atoms with Crippen LogP contribution in [0.15, 0.2) is 0 Å². The van der Waals surface area contributed by atoms with Crippen molar-refractivity contribution in [1.82, 2.24) is 10.2 Å². The van der Waals surface area contributed by atoms with Crippen molar-refractivity contribution in [3.63, 3.8) is 0 Å². The Balaban J connectivity index is 2.25. The molecular formula is C11H24N2O2S. The molecule has 0 aromatic heterocycles. The second-order valence-corrected chi connectivity index (χ2v) is 6.93. The van der Waals surface area contributed by atoms with Crippen LogP contribution < -0.4 is 5.32 Å². The molecule has 0 spiro atoms. The molecule has 0 aromatic carbocycles. The first-order valence-electron chi connectivity index (χ1n) is 5.84. The molecule has 16 heavy (non-hydrogen) atoms. The average molecular weight is 248 g/mol. The molecule has 0 bridgehead atoms. The van der Waals surface area contributed by atoms with Crippen LogP contribution in [0, 0.1) is 0 Å². The fourth-order valence-corrected chi connectivity index (χ4v) is 3.40. The highest BCUT2D eigenvalue weighted by Gasteiger charge is 2.24. The number of aliphatic hydroxyl groups is 1. The molecule has 1 aliphatic heterocycles. The van der Waals surface area contributed by atoms with E-state index >= 15 is 0 Å². The van der Waals surface area contributed by atoms with Crippen molar-refractivity contribution in [2.24, 2.45) is 0 Å². The topological polar surface area (TPSA) is 52.6 Å². The number of likely N-dealkylation sites (N-methyl/N-ethyl adjacent to an activating group) is 1. The van der Waals surface area contributed by atoms with E-state index in [0.717, 1.165) is 24.3 Å². The molecule has 5 heteroatoms. The fourth-order valence-electron chi connectivity index (χ4n) is 2.10. The van der Waals surface area contributed by atoms with Crippen LogP contribution >= 0.6 is 0 Å². The van der Waals surface area contributed by atoms with E-state index in [-0.39, 0.29) is 0 Å². The number of hydrogen-bond acceptors (Lipinski definition) is 4. The normalized spacial score (nSPS) is 30.3. The highest BCUT2D eigenvalue weighted by Crippen LogP contribution is 2.11. The van der Waals surface area contributed by atoms with Crippen LogP contribution in [0.25, 0.3) is 0 Å². The Morgan fingerprint density at radius 1 is 1.44 bits per heavy atom. The smallest absolute Gasteiger partial charge is 0.0869 e. The minimum Gasteiger partial charge on any atom is -0.388 e. The van der Waals surface area contributed by atoms with Crippen molar-refractivity contribution in [2.45, 2.75) is 31.4 Å². The molecular weight excluding hydrogens is 224 g/mol. The molecule has 1 rings (SSSR count). The molecule has 0 aromatic rings. The van der Waals surface area contributed by atoms with E-state index in [4.69, 9.17) is 0 Å². The van der Waals surface area contributed by atoms with Gasteiger partial charge in [-0.2, -0.15) is 0 Å². The van der Waals surface area contributed by atoms with E-state index in [1.165, 1.54) is 0 Å². The summed E-state index contributed by atoms with van der Waals surface area (Å²) < 4.78 is 11.2. The van der Waals surface area contributed by atoms with Crippen molar-refractivity contribution in [3.8, 4) is 0 Å². The molecule has 1 aliphatic rings. The summed E-state index contributed by atoms with van der Waals surface area (Å²) in [6.07, 6.45) is 1.93. The van der Waals surface area contributed by atoms with Gasteiger partial charge in [0, 0.05) is 41.4 Å². The minimum atomic E-state index is -0.694. The standard InChI is InChI=1S/C11H24N2O2S/c1-11(14,9-13(2)3)8-12-10-4-6-16(15)7-5-10/h10,12,14H,4-9H2,1-3H3. The number of hydrogen-bond donors (Lipinski definition) is 2. The van der Waals surface area contributed by atoms with Gasteiger partial charge in [0.1, 0.15) is 0 Å². The van der Waals surface area contributed by atoms with Crippen molar-refractivity contribution in [2.75, 3.05) is 38.7 Å². The van der Waals surface area contributed by atoms with E-state index in [1.807, 2.05) is 25.9 Å². The van der Waals surface area contributed by atoms with Gasteiger partial charge in [-0.15, -0.1) is 0 Å². The lowest BCUT2D eigenvalue weighted by Crippen LogP contribution is -2.49. The Hall–Kier alpha value is 0.0300. The maximum absolute atomic E-state index is 11.2. The Kier molecular flexibility index (Phi) is 5.37. The van der Waals surface area contributed by atoms with Gasteiger partial charge in [0.2, 0.25) is 0 Å². The number of rotatable bonds is 5. The van der Waals surface area contributed by atoms with E-state index in [0.29, 0.717) is 19.1 Å². The van der Waals surface area contributed by atoms with Crippen LogP contribution in [0.2, 0.25) is 0 Å². The summed E-state index contributed by atoms with van der Waals surface area (Å²) in [5.41, 5.74) is -0.694. The van der Waals surface area contributed by atoms with Crippen LogP contribution in [0.3, 0.4) is 0 Å². The maximum Gasteiger partial charge on any atom is 0.0869 e. The Labute approximate surface area is 101 Å². The third-order valence-electron chi connectivity index (χ3n) is 2.82. The lowest BCUT2D eigenvalue weighted by molar-refractivity contribution is 0.0310. The molecule has 1 saturated heterocycles. The largest absolute Gasteiger partial charge is 0.388 e. The first-order valence-corrected chi connectivity index (χ1v) is 7.33. The van der Waals surface area contributed by atoms with Gasteiger partial charge in [0.25, 0.3) is 0 Å². The summed E-state index contributed by atoms with van der Waals surface area (Å²) in [7, 11) is 3.31. The highest BCUT2D eigenvalue weighted by molar-refractivity contribution is 7.85. The van der Waals surface area contributed by atoms with E-state index in [1.54, 1.807) is 0 Å². The van der Waals surface area contributed by atoms with Crippen molar-refractivity contribution in [3.05, 3.63) is 0 Å². The van der Waals surface area contributed by atoms with E-state index < -0.39 is 16.4 Å². The van der Waals surface area contributed by atoms with Crippen LogP contribution in [0.4, 0.5) is 0 Å². The zero-order valence-electron chi connectivity index (χ0n) is 10.5. The predicted octanol–water partition coefficient (Wildman–Crippen LogP) is -0.200. The Morgan fingerprint density at radius 3 is 2.50 bits per heavy atom.